The number of methoxy groups -OCH3 is 1. The molecule has 18 heavy (non-hydrogen) atoms. The predicted octanol–water partition coefficient (Wildman–Crippen LogP) is 3.83. The highest BCUT2D eigenvalue weighted by molar-refractivity contribution is 7.10. The highest BCUT2D eigenvalue weighted by atomic mass is 35.5. The van der Waals surface area contributed by atoms with Crippen LogP contribution in [-0.4, -0.2) is 12.2 Å². The molecule has 0 saturated heterocycles. The van der Waals surface area contributed by atoms with Crippen LogP contribution in [0.2, 0.25) is 5.02 Å². The second-order valence-corrected chi connectivity index (χ2v) is 5.20. The van der Waals surface area contributed by atoms with Crippen molar-refractivity contribution >= 4 is 22.9 Å². The molecule has 2 nitrogen and oxygen atoms in total. The topological polar surface area (TPSA) is 29.5 Å². The summed E-state index contributed by atoms with van der Waals surface area (Å²) in [6.07, 6.45) is -0.566. The van der Waals surface area contributed by atoms with Crippen LogP contribution in [0, 0.1) is 5.82 Å². The van der Waals surface area contributed by atoms with Crippen molar-refractivity contribution in [3.63, 3.8) is 0 Å². The van der Waals surface area contributed by atoms with E-state index in [0.29, 0.717) is 10.6 Å². The van der Waals surface area contributed by atoms with Crippen molar-refractivity contribution in [1.82, 2.24) is 0 Å². The van der Waals surface area contributed by atoms with E-state index in [9.17, 15) is 9.50 Å². The van der Waals surface area contributed by atoms with Crippen LogP contribution in [0.5, 0.6) is 5.75 Å². The fourth-order valence-corrected chi connectivity index (χ4v) is 2.75. The number of benzene rings is 1. The van der Waals surface area contributed by atoms with Gasteiger partial charge in [-0.1, -0.05) is 23.7 Å². The molecule has 0 saturated carbocycles. The fourth-order valence-electron chi connectivity index (χ4n) is 1.68. The molecule has 0 aliphatic heterocycles. The molecule has 2 rings (SSSR count). The third kappa shape index (κ3) is 2.83. The van der Waals surface area contributed by atoms with Gasteiger partial charge in [-0.25, -0.2) is 4.39 Å². The maximum atomic E-state index is 13.9. The molecule has 0 bridgehead atoms. The Morgan fingerprint density at radius 2 is 2.28 bits per heavy atom. The van der Waals surface area contributed by atoms with Gasteiger partial charge in [0.15, 0.2) is 11.6 Å². The van der Waals surface area contributed by atoms with Crippen molar-refractivity contribution in [3.05, 3.63) is 50.9 Å². The second kappa shape index (κ2) is 5.69. The highest BCUT2D eigenvalue weighted by Crippen LogP contribution is 2.29. The number of hydrogen-bond acceptors (Lipinski definition) is 3. The van der Waals surface area contributed by atoms with Gasteiger partial charge in [-0.15, -0.1) is 11.3 Å². The summed E-state index contributed by atoms with van der Waals surface area (Å²) in [5, 5.41) is 12.3. The third-order valence-corrected chi connectivity index (χ3v) is 3.97. The lowest BCUT2D eigenvalue weighted by Crippen LogP contribution is -2.03. The molecular formula is C13H12ClFO2S. The summed E-state index contributed by atoms with van der Waals surface area (Å²) in [7, 11) is 1.41. The van der Waals surface area contributed by atoms with Gasteiger partial charge in [-0.3, -0.25) is 0 Å². The zero-order chi connectivity index (χ0) is 13.1. The van der Waals surface area contributed by atoms with Gasteiger partial charge >= 0.3 is 0 Å². The first-order chi connectivity index (χ1) is 8.61. The molecule has 5 heteroatoms. The lowest BCUT2D eigenvalue weighted by atomic mass is 10.1. The Morgan fingerprint density at radius 3 is 2.89 bits per heavy atom. The first-order valence-corrected chi connectivity index (χ1v) is 6.61. The van der Waals surface area contributed by atoms with Crippen molar-refractivity contribution in [1.29, 1.82) is 0 Å². The molecule has 1 unspecified atom stereocenters. The molecule has 1 aromatic heterocycles. The van der Waals surface area contributed by atoms with Crippen LogP contribution in [0.4, 0.5) is 4.39 Å². The van der Waals surface area contributed by atoms with Gasteiger partial charge in [0.25, 0.3) is 0 Å². The van der Waals surface area contributed by atoms with E-state index >= 15 is 0 Å². The van der Waals surface area contributed by atoms with Gasteiger partial charge in [0.2, 0.25) is 0 Å². The van der Waals surface area contributed by atoms with E-state index in [-0.39, 0.29) is 12.2 Å². The Bertz CT molecular complexity index is 542. The molecule has 0 spiro atoms. The van der Waals surface area contributed by atoms with Crippen molar-refractivity contribution in [3.8, 4) is 5.75 Å². The van der Waals surface area contributed by atoms with E-state index < -0.39 is 11.9 Å². The first-order valence-electron chi connectivity index (χ1n) is 5.35. The summed E-state index contributed by atoms with van der Waals surface area (Å²) in [4.78, 5) is 0.724. The number of thiophene rings is 1. The Labute approximate surface area is 114 Å². The fraction of sp³-hybridized carbons (Fsp3) is 0.231. The Morgan fingerprint density at radius 1 is 1.50 bits per heavy atom. The van der Waals surface area contributed by atoms with Crippen molar-refractivity contribution < 1.29 is 14.2 Å². The standard InChI is InChI=1S/C13H12ClFO2S/c1-17-11-4-2-3-8(13(11)15)5-10(16)12-6-9(14)7-18-12/h2-4,6-7,10,16H,5H2,1H3. The molecule has 0 amide bonds. The number of aliphatic hydroxyl groups is 1. The molecule has 2 aromatic rings. The molecule has 0 fully saturated rings. The van der Waals surface area contributed by atoms with Crippen LogP contribution in [-0.2, 0) is 6.42 Å². The molecule has 1 heterocycles. The van der Waals surface area contributed by atoms with Gasteiger partial charge in [-0.05, 0) is 17.7 Å². The van der Waals surface area contributed by atoms with E-state index in [4.69, 9.17) is 16.3 Å². The minimum atomic E-state index is -0.760. The Hall–Kier alpha value is -1.10. The average molecular weight is 287 g/mol. The van der Waals surface area contributed by atoms with Crippen LogP contribution in [0.1, 0.15) is 16.5 Å². The maximum Gasteiger partial charge on any atom is 0.168 e. The average Bonchev–Trinajstić information content (AvgIpc) is 2.78. The van der Waals surface area contributed by atoms with E-state index in [1.165, 1.54) is 18.4 Å². The smallest absolute Gasteiger partial charge is 0.168 e. The number of ether oxygens (including phenoxy) is 1. The number of hydrogen-bond donors (Lipinski definition) is 1. The SMILES string of the molecule is COc1cccc(CC(O)c2cc(Cl)cs2)c1F. The molecule has 0 radical (unpaired) electrons. The summed E-state index contributed by atoms with van der Waals surface area (Å²) in [6.45, 7) is 0. The number of rotatable bonds is 4. The van der Waals surface area contributed by atoms with Crippen LogP contribution >= 0.6 is 22.9 Å². The number of halogens is 2. The number of aliphatic hydroxyl groups excluding tert-OH is 1. The molecular weight excluding hydrogens is 275 g/mol. The second-order valence-electron chi connectivity index (χ2n) is 3.82. The van der Waals surface area contributed by atoms with Crippen LogP contribution in [0.25, 0.3) is 0 Å². The zero-order valence-electron chi connectivity index (χ0n) is 9.69. The molecule has 96 valence electrons. The van der Waals surface area contributed by atoms with Gasteiger partial charge in [-0.2, -0.15) is 0 Å². The Kier molecular flexibility index (Phi) is 4.22. The van der Waals surface area contributed by atoms with Crippen LogP contribution in [0.3, 0.4) is 0 Å². The monoisotopic (exact) mass is 286 g/mol. The van der Waals surface area contributed by atoms with E-state index in [2.05, 4.69) is 0 Å². The summed E-state index contributed by atoms with van der Waals surface area (Å²) in [5.74, 6) is -0.245. The van der Waals surface area contributed by atoms with Gasteiger partial charge < -0.3 is 9.84 Å². The third-order valence-electron chi connectivity index (χ3n) is 2.59. The summed E-state index contributed by atoms with van der Waals surface area (Å²) in [5.41, 5.74) is 0.423. The highest BCUT2D eigenvalue weighted by Gasteiger charge is 2.15. The molecule has 1 N–H and O–H groups in total. The van der Waals surface area contributed by atoms with E-state index in [1.807, 2.05) is 0 Å². The zero-order valence-corrected chi connectivity index (χ0v) is 11.3. The minimum absolute atomic E-state index is 0.184. The summed E-state index contributed by atoms with van der Waals surface area (Å²) < 4.78 is 18.8. The minimum Gasteiger partial charge on any atom is -0.494 e. The lowest BCUT2D eigenvalue weighted by molar-refractivity contribution is 0.180. The van der Waals surface area contributed by atoms with Crippen molar-refractivity contribution in [2.75, 3.05) is 7.11 Å². The van der Waals surface area contributed by atoms with Crippen LogP contribution < -0.4 is 4.74 Å². The van der Waals surface area contributed by atoms with Crippen LogP contribution in [0.15, 0.2) is 29.6 Å². The van der Waals surface area contributed by atoms with E-state index in [0.717, 1.165) is 4.88 Å². The maximum absolute atomic E-state index is 13.9. The first kappa shape index (κ1) is 13.3. The van der Waals surface area contributed by atoms with Crippen molar-refractivity contribution in [2.24, 2.45) is 0 Å². The molecule has 0 aliphatic carbocycles. The van der Waals surface area contributed by atoms with Gasteiger partial charge in [0.05, 0.1) is 18.2 Å². The predicted molar refractivity (Wildman–Crippen MR) is 70.9 cm³/mol. The molecule has 1 atom stereocenters. The van der Waals surface area contributed by atoms with E-state index in [1.54, 1.807) is 29.6 Å². The quantitative estimate of drug-likeness (QED) is 0.926. The largest absolute Gasteiger partial charge is 0.494 e. The molecule has 1 aromatic carbocycles. The summed E-state index contributed by atoms with van der Waals surface area (Å²) in [6, 6.07) is 6.57. The van der Waals surface area contributed by atoms with Gasteiger partial charge in [0, 0.05) is 16.7 Å². The van der Waals surface area contributed by atoms with Gasteiger partial charge in [0.1, 0.15) is 0 Å². The Balaban J connectivity index is 2.19. The lowest BCUT2D eigenvalue weighted by Gasteiger charge is -2.11. The normalized spacial score (nSPS) is 12.4. The molecule has 0 aliphatic rings. The van der Waals surface area contributed by atoms with Crippen molar-refractivity contribution in [2.45, 2.75) is 12.5 Å². The summed E-state index contributed by atoms with van der Waals surface area (Å²) >= 11 is 7.15.